The molecule has 0 aliphatic carbocycles. The van der Waals surface area contributed by atoms with E-state index in [1.165, 1.54) is 6.92 Å². The van der Waals surface area contributed by atoms with Gasteiger partial charge in [0.05, 0.1) is 6.04 Å². The number of carboxylic acids is 2. The van der Waals surface area contributed by atoms with Crippen LogP contribution in [-0.4, -0.2) is 75.7 Å². The molecule has 0 aromatic rings. The lowest BCUT2D eigenvalue weighted by Crippen LogP contribution is -2.57. The number of thiol groups is 1. The molecule has 0 rings (SSSR count). The van der Waals surface area contributed by atoms with E-state index in [0.29, 0.717) is 0 Å². The Morgan fingerprint density at radius 2 is 1.43 bits per heavy atom. The first-order valence-corrected chi connectivity index (χ1v) is 9.52. The van der Waals surface area contributed by atoms with E-state index >= 15 is 0 Å². The van der Waals surface area contributed by atoms with Crippen molar-refractivity contribution in [2.45, 2.75) is 56.8 Å². The van der Waals surface area contributed by atoms with E-state index in [1.54, 1.807) is 0 Å². The Labute approximate surface area is 177 Å². The lowest BCUT2D eigenvalue weighted by Gasteiger charge is -2.22. The molecular formula is C16H27N5O8S. The van der Waals surface area contributed by atoms with Gasteiger partial charge >= 0.3 is 11.9 Å². The second-order valence-corrected chi connectivity index (χ2v) is 6.78. The lowest BCUT2D eigenvalue weighted by atomic mass is 10.1. The molecule has 13 nitrogen and oxygen atoms in total. The minimum atomic E-state index is -1.46. The summed E-state index contributed by atoms with van der Waals surface area (Å²) in [5.74, 6) is -5.83. The van der Waals surface area contributed by atoms with E-state index in [2.05, 4.69) is 28.6 Å². The third-order valence-electron chi connectivity index (χ3n) is 3.87. The highest BCUT2D eigenvalue weighted by atomic mass is 32.1. The Morgan fingerprint density at radius 3 is 1.90 bits per heavy atom. The normalized spacial score (nSPS) is 14.5. The zero-order chi connectivity index (χ0) is 23.4. The SMILES string of the molecule is CC(NC(=O)C(N)CCC(N)=O)C(=O)NC(CS)C(=O)NC(CCC(=O)O)C(=O)O. The van der Waals surface area contributed by atoms with Crippen LogP contribution < -0.4 is 27.4 Å². The van der Waals surface area contributed by atoms with Gasteiger partial charge in [0, 0.05) is 18.6 Å². The van der Waals surface area contributed by atoms with Crippen molar-refractivity contribution in [2.75, 3.05) is 5.75 Å². The summed E-state index contributed by atoms with van der Waals surface area (Å²) in [6, 6.07) is -4.87. The van der Waals surface area contributed by atoms with E-state index in [-0.39, 0.29) is 25.0 Å². The van der Waals surface area contributed by atoms with Crippen LogP contribution in [-0.2, 0) is 28.8 Å². The molecule has 170 valence electrons. The number of primary amides is 1. The largest absolute Gasteiger partial charge is 0.481 e. The highest BCUT2D eigenvalue weighted by Gasteiger charge is 2.28. The van der Waals surface area contributed by atoms with E-state index in [1.807, 2.05) is 0 Å². The molecule has 4 atom stereocenters. The highest BCUT2D eigenvalue weighted by Crippen LogP contribution is 2.01. The quantitative estimate of drug-likeness (QED) is 0.126. The number of nitrogens with one attached hydrogen (secondary N) is 3. The monoisotopic (exact) mass is 449 g/mol. The van der Waals surface area contributed by atoms with E-state index < -0.39 is 66.2 Å². The summed E-state index contributed by atoms with van der Waals surface area (Å²) in [5, 5.41) is 24.5. The van der Waals surface area contributed by atoms with Crippen molar-refractivity contribution in [3.63, 3.8) is 0 Å². The van der Waals surface area contributed by atoms with Gasteiger partial charge in [0.25, 0.3) is 0 Å². The number of carbonyl (C=O) groups is 6. The second kappa shape index (κ2) is 13.4. The zero-order valence-electron chi connectivity index (χ0n) is 16.3. The van der Waals surface area contributed by atoms with Crippen molar-refractivity contribution in [1.82, 2.24) is 16.0 Å². The smallest absolute Gasteiger partial charge is 0.326 e. The molecule has 0 aromatic heterocycles. The number of carboxylic acid groups (broad SMARTS) is 2. The number of rotatable bonds is 14. The minimum absolute atomic E-state index is 0.00983. The molecule has 0 aliphatic rings. The van der Waals surface area contributed by atoms with Crippen molar-refractivity contribution in [2.24, 2.45) is 11.5 Å². The van der Waals surface area contributed by atoms with Crippen LogP contribution in [0.25, 0.3) is 0 Å². The minimum Gasteiger partial charge on any atom is -0.481 e. The number of amides is 4. The first-order chi connectivity index (χ1) is 13.9. The predicted molar refractivity (Wildman–Crippen MR) is 106 cm³/mol. The molecule has 0 spiro atoms. The van der Waals surface area contributed by atoms with Gasteiger partial charge in [0.2, 0.25) is 23.6 Å². The third kappa shape index (κ3) is 10.6. The number of carbonyl (C=O) groups excluding carboxylic acids is 4. The van der Waals surface area contributed by atoms with Gasteiger partial charge in [-0.3, -0.25) is 24.0 Å². The molecule has 0 fully saturated rings. The summed E-state index contributed by atoms with van der Waals surface area (Å²) in [5.41, 5.74) is 10.6. The van der Waals surface area contributed by atoms with Crippen molar-refractivity contribution in [1.29, 1.82) is 0 Å². The van der Waals surface area contributed by atoms with Gasteiger partial charge in [-0.2, -0.15) is 12.6 Å². The van der Waals surface area contributed by atoms with Gasteiger partial charge in [-0.25, -0.2) is 4.79 Å². The van der Waals surface area contributed by atoms with Gasteiger partial charge in [0.15, 0.2) is 0 Å². The molecule has 0 saturated heterocycles. The van der Waals surface area contributed by atoms with Crippen molar-refractivity contribution in [3.05, 3.63) is 0 Å². The average molecular weight is 449 g/mol. The predicted octanol–water partition coefficient (Wildman–Crippen LogP) is -3.07. The summed E-state index contributed by atoms with van der Waals surface area (Å²) < 4.78 is 0. The van der Waals surface area contributed by atoms with Crippen LogP contribution in [0.15, 0.2) is 0 Å². The Morgan fingerprint density at radius 1 is 0.867 bits per heavy atom. The fourth-order valence-electron chi connectivity index (χ4n) is 2.10. The van der Waals surface area contributed by atoms with Crippen LogP contribution in [0.1, 0.15) is 32.6 Å². The molecule has 9 N–H and O–H groups in total. The van der Waals surface area contributed by atoms with Crippen LogP contribution in [0, 0.1) is 0 Å². The Bertz CT molecular complexity index is 674. The van der Waals surface area contributed by atoms with Crippen LogP contribution in [0.4, 0.5) is 0 Å². The second-order valence-electron chi connectivity index (χ2n) is 6.42. The fourth-order valence-corrected chi connectivity index (χ4v) is 2.36. The number of nitrogens with two attached hydrogens (primary N) is 2. The van der Waals surface area contributed by atoms with E-state index in [9.17, 15) is 28.8 Å². The maximum absolute atomic E-state index is 12.2. The van der Waals surface area contributed by atoms with Gasteiger partial charge in [-0.15, -0.1) is 0 Å². The Balaban J connectivity index is 4.80. The molecule has 14 heteroatoms. The number of hydrogen-bond acceptors (Lipinski definition) is 8. The lowest BCUT2D eigenvalue weighted by molar-refractivity contribution is -0.143. The summed E-state index contributed by atoms with van der Waals surface area (Å²) in [6.45, 7) is 1.33. The van der Waals surface area contributed by atoms with Gasteiger partial charge in [-0.1, -0.05) is 0 Å². The van der Waals surface area contributed by atoms with Crippen molar-refractivity contribution >= 4 is 48.2 Å². The molecule has 0 saturated carbocycles. The van der Waals surface area contributed by atoms with Gasteiger partial charge in [0.1, 0.15) is 18.1 Å². The van der Waals surface area contributed by atoms with Crippen LogP contribution in [0.3, 0.4) is 0 Å². The summed E-state index contributed by atoms with van der Waals surface area (Å²) in [6.07, 6.45) is -0.943. The first kappa shape index (κ1) is 27.1. The number of hydrogen-bond donors (Lipinski definition) is 8. The molecule has 30 heavy (non-hydrogen) atoms. The van der Waals surface area contributed by atoms with Gasteiger partial charge < -0.3 is 37.6 Å². The zero-order valence-corrected chi connectivity index (χ0v) is 17.2. The fraction of sp³-hybridized carbons (Fsp3) is 0.625. The standard InChI is InChI=1S/C16H27N5O8S/c1-7(19-14(26)8(17)2-4-11(18)22)13(25)21-10(6-30)15(27)20-9(16(28)29)3-5-12(23)24/h7-10,30H,2-6,17H2,1H3,(H2,18,22)(H,19,26)(H,20,27)(H,21,25)(H,23,24)(H,28,29). The van der Waals surface area contributed by atoms with Crippen molar-refractivity contribution in [3.8, 4) is 0 Å². The number of aliphatic carboxylic acids is 2. The van der Waals surface area contributed by atoms with Crippen LogP contribution in [0.5, 0.6) is 0 Å². The molecular weight excluding hydrogens is 422 g/mol. The average Bonchev–Trinajstić information content (AvgIpc) is 2.66. The summed E-state index contributed by atoms with van der Waals surface area (Å²) in [4.78, 5) is 68.9. The summed E-state index contributed by atoms with van der Waals surface area (Å²) >= 11 is 3.94. The topological polar surface area (TPSA) is 231 Å². The molecule has 0 radical (unpaired) electrons. The maximum atomic E-state index is 12.2. The molecule has 0 aromatic carbocycles. The molecule has 0 aliphatic heterocycles. The van der Waals surface area contributed by atoms with Gasteiger partial charge in [-0.05, 0) is 19.8 Å². The third-order valence-corrected chi connectivity index (χ3v) is 4.23. The first-order valence-electron chi connectivity index (χ1n) is 8.89. The Kier molecular flexibility index (Phi) is 12.1. The summed E-state index contributed by atoms with van der Waals surface area (Å²) in [7, 11) is 0. The van der Waals surface area contributed by atoms with E-state index in [0.717, 1.165) is 0 Å². The molecule has 4 amide bonds. The van der Waals surface area contributed by atoms with E-state index in [4.69, 9.17) is 21.7 Å². The van der Waals surface area contributed by atoms with Crippen LogP contribution >= 0.6 is 12.6 Å². The Hall–Kier alpha value is -2.87. The highest BCUT2D eigenvalue weighted by molar-refractivity contribution is 7.80. The van der Waals surface area contributed by atoms with Crippen molar-refractivity contribution < 1.29 is 39.0 Å². The molecule has 0 heterocycles. The molecule has 0 bridgehead atoms. The molecule has 4 unspecified atom stereocenters. The maximum Gasteiger partial charge on any atom is 0.326 e. The van der Waals surface area contributed by atoms with Crippen LogP contribution in [0.2, 0.25) is 0 Å².